The Labute approximate surface area is 149 Å². The van der Waals surface area contributed by atoms with Crippen LogP contribution in [0.15, 0.2) is 47.3 Å². The van der Waals surface area contributed by atoms with E-state index >= 15 is 0 Å². The molecule has 0 fully saturated rings. The third-order valence-corrected chi connectivity index (χ3v) is 4.78. The lowest BCUT2D eigenvalue weighted by Crippen LogP contribution is -2.20. The minimum absolute atomic E-state index is 0.0105. The predicted octanol–water partition coefficient (Wildman–Crippen LogP) is 3.97. The van der Waals surface area contributed by atoms with Gasteiger partial charge < -0.3 is 10.1 Å². The van der Waals surface area contributed by atoms with E-state index < -0.39 is 0 Å². The molecule has 0 radical (unpaired) electrons. The molecule has 0 aliphatic heterocycles. The highest BCUT2D eigenvalue weighted by molar-refractivity contribution is 7.16. The van der Waals surface area contributed by atoms with Gasteiger partial charge in [0.15, 0.2) is 6.61 Å². The molecular weight excluding hydrogens is 336 g/mol. The summed E-state index contributed by atoms with van der Waals surface area (Å²) in [6, 6.07) is 13.2. The van der Waals surface area contributed by atoms with Gasteiger partial charge in [-0.05, 0) is 50.6 Å². The molecular formula is C19H20N2O3S. The zero-order chi connectivity index (χ0) is 18.0. The van der Waals surface area contributed by atoms with E-state index in [2.05, 4.69) is 5.32 Å². The van der Waals surface area contributed by atoms with Gasteiger partial charge in [-0.25, -0.2) is 0 Å². The zero-order valence-electron chi connectivity index (χ0n) is 14.4. The minimum Gasteiger partial charge on any atom is -0.483 e. The first kappa shape index (κ1) is 17.2. The number of anilines is 1. The Morgan fingerprint density at radius 1 is 1.24 bits per heavy atom. The number of carbonyl (C=O) groups excluding carboxylic acids is 1. The van der Waals surface area contributed by atoms with Crippen LogP contribution in [-0.4, -0.2) is 17.1 Å². The maximum absolute atomic E-state index is 12.1. The number of carbonyl (C=O) groups is 1. The van der Waals surface area contributed by atoms with Crippen molar-refractivity contribution in [3.63, 3.8) is 0 Å². The van der Waals surface area contributed by atoms with Crippen LogP contribution in [0.2, 0.25) is 0 Å². The number of hydrogen-bond acceptors (Lipinski definition) is 4. The third kappa shape index (κ3) is 3.74. The molecule has 1 aromatic heterocycles. The van der Waals surface area contributed by atoms with E-state index in [1.165, 1.54) is 11.3 Å². The molecule has 25 heavy (non-hydrogen) atoms. The van der Waals surface area contributed by atoms with Gasteiger partial charge in [-0.2, -0.15) is 0 Å². The standard InChI is InChI=1S/C19H20N2O3S/c1-12(2)21-15-9-8-14(10-17(15)25-19(21)23)20-18(22)11-24-16-7-5-4-6-13(16)3/h4-10,12H,11H2,1-3H3,(H,20,22). The summed E-state index contributed by atoms with van der Waals surface area (Å²) >= 11 is 1.19. The minimum atomic E-state index is -0.238. The molecule has 0 spiro atoms. The monoisotopic (exact) mass is 356 g/mol. The maximum Gasteiger partial charge on any atom is 0.308 e. The number of nitrogens with one attached hydrogen (secondary N) is 1. The second kappa shape index (κ2) is 7.11. The molecule has 6 heteroatoms. The van der Waals surface area contributed by atoms with Gasteiger partial charge in [-0.1, -0.05) is 29.5 Å². The zero-order valence-corrected chi connectivity index (χ0v) is 15.2. The molecule has 0 saturated carbocycles. The largest absolute Gasteiger partial charge is 0.483 e. The average Bonchev–Trinajstić information content (AvgIpc) is 2.89. The molecule has 1 N–H and O–H groups in total. The lowest BCUT2D eigenvalue weighted by Gasteiger charge is -2.10. The number of thiazole rings is 1. The summed E-state index contributed by atoms with van der Waals surface area (Å²) in [5.74, 6) is 0.457. The quantitative estimate of drug-likeness (QED) is 0.752. The first-order chi connectivity index (χ1) is 12.0. The normalized spacial score (nSPS) is 11.0. The number of aromatic nitrogens is 1. The Balaban J connectivity index is 1.71. The Morgan fingerprint density at radius 2 is 2.00 bits per heavy atom. The van der Waals surface area contributed by atoms with Crippen molar-refractivity contribution in [1.29, 1.82) is 0 Å². The first-order valence-corrected chi connectivity index (χ1v) is 8.90. The maximum atomic E-state index is 12.1. The molecule has 5 nitrogen and oxygen atoms in total. The molecule has 1 amide bonds. The molecule has 2 aromatic carbocycles. The third-order valence-electron chi connectivity index (χ3n) is 3.87. The molecule has 0 saturated heterocycles. The van der Waals surface area contributed by atoms with Gasteiger partial charge >= 0.3 is 4.87 Å². The fourth-order valence-electron chi connectivity index (χ4n) is 2.66. The van der Waals surface area contributed by atoms with Crippen molar-refractivity contribution in [2.75, 3.05) is 11.9 Å². The van der Waals surface area contributed by atoms with E-state index in [9.17, 15) is 9.59 Å². The highest BCUT2D eigenvalue weighted by atomic mass is 32.1. The summed E-state index contributed by atoms with van der Waals surface area (Å²) in [5.41, 5.74) is 2.53. The van der Waals surface area contributed by atoms with Gasteiger partial charge in [0.25, 0.3) is 5.91 Å². The first-order valence-electron chi connectivity index (χ1n) is 8.09. The number of para-hydroxylation sites is 1. The van der Waals surface area contributed by atoms with E-state index in [0.29, 0.717) is 11.4 Å². The second-order valence-corrected chi connectivity index (χ2v) is 7.11. The highest BCUT2D eigenvalue weighted by Crippen LogP contribution is 2.24. The van der Waals surface area contributed by atoms with Crippen molar-refractivity contribution in [2.24, 2.45) is 0 Å². The number of hydrogen-bond donors (Lipinski definition) is 1. The summed E-state index contributed by atoms with van der Waals surface area (Å²) in [4.78, 5) is 24.2. The van der Waals surface area contributed by atoms with Gasteiger partial charge in [0.1, 0.15) is 5.75 Å². The van der Waals surface area contributed by atoms with Crippen LogP contribution in [0.25, 0.3) is 10.2 Å². The Bertz CT molecular complexity index is 972. The fraction of sp³-hybridized carbons (Fsp3) is 0.263. The number of amides is 1. The van der Waals surface area contributed by atoms with Crippen molar-refractivity contribution in [2.45, 2.75) is 26.8 Å². The van der Waals surface area contributed by atoms with E-state index in [1.807, 2.05) is 57.2 Å². The molecule has 0 aliphatic rings. The van der Waals surface area contributed by atoms with Crippen LogP contribution in [0.1, 0.15) is 25.5 Å². The SMILES string of the molecule is Cc1ccccc1OCC(=O)Nc1ccc2c(c1)sc(=O)n2C(C)C. The summed E-state index contributed by atoms with van der Waals surface area (Å²) in [6.07, 6.45) is 0. The van der Waals surface area contributed by atoms with Crippen LogP contribution in [0.5, 0.6) is 5.75 Å². The molecule has 3 rings (SSSR count). The smallest absolute Gasteiger partial charge is 0.308 e. The van der Waals surface area contributed by atoms with E-state index in [4.69, 9.17) is 4.74 Å². The molecule has 0 unspecified atom stereocenters. The van der Waals surface area contributed by atoms with Crippen molar-refractivity contribution >= 4 is 33.1 Å². The Morgan fingerprint density at radius 3 is 2.72 bits per heavy atom. The summed E-state index contributed by atoms with van der Waals surface area (Å²) in [7, 11) is 0. The van der Waals surface area contributed by atoms with Crippen molar-refractivity contribution in [1.82, 2.24) is 4.57 Å². The number of benzene rings is 2. The average molecular weight is 356 g/mol. The molecule has 0 atom stereocenters. The number of rotatable bonds is 5. The van der Waals surface area contributed by atoms with Gasteiger partial charge in [-0.3, -0.25) is 14.2 Å². The van der Waals surface area contributed by atoms with Gasteiger partial charge in [-0.15, -0.1) is 0 Å². The Hall–Kier alpha value is -2.60. The van der Waals surface area contributed by atoms with Gasteiger partial charge in [0.2, 0.25) is 0 Å². The van der Waals surface area contributed by atoms with Crippen molar-refractivity contribution in [3.05, 3.63) is 57.7 Å². The van der Waals surface area contributed by atoms with Gasteiger partial charge in [0, 0.05) is 11.7 Å². The highest BCUT2D eigenvalue weighted by Gasteiger charge is 2.12. The predicted molar refractivity (Wildman–Crippen MR) is 102 cm³/mol. The van der Waals surface area contributed by atoms with E-state index in [0.717, 1.165) is 15.8 Å². The Kier molecular flexibility index (Phi) is 4.90. The number of aryl methyl sites for hydroxylation is 1. The fourth-order valence-corrected chi connectivity index (χ4v) is 3.71. The van der Waals surface area contributed by atoms with E-state index in [1.54, 1.807) is 10.6 Å². The number of nitrogens with zero attached hydrogens (tertiary/aromatic N) is 1. The molecule has 130 valence electrons. The van der Waals surface area contributed by atoms with Crippen LogP contribution >= 0.6 is 11.3 Å². The van der Waals surface area contributed by atoms with Crippen LogP contribution in [0.3, 0.4) is 0 Å². The van der Waals surface area contributed by atoms with Crippen molar-refractivity contribution in [3.8, 4) is 5.75 Å². The topological polar surface area (TPSA) is 60.3 Å². The van der Waals surface area contributed by atoms with Crippen LogP contribution in [-0.2, 0) is 4.79 Å². The summed E-state index contributed by atoms with van der Waals surface area (Å²) in [5, 5.41) is 2.81. The molecule has 1 heterocycles. The summed E-state index contributed by atoms with van der Waals surface area (Å²) < 4.78 is 8.16. The van der Waals surface area contributed by atoms with Crippen LogP contribution in [0, 0.1) is 6.92 Å². The number of ether oxygens (including phenoxy) is 1. The van der Waals surface area contributed by atoms with Gasteiger partial charge in [0.05, 0.1) is 10.2 Å². The lowest BCUT2D eigenvalue weighted by atomic mass is 10.2. The second-order valence-electron chi connectivity index (χ2n) is 6.12. The van der Waals surface area contributed by atoms with Crippen LogP contribution in [0.4, 0.5) is 5.69 Å². The van der Waals surface area contributed by atoms with Crippen LogP contribution < -0.4 is 14.9 Å². The van der Waals surface area contributed by atoms with Crippen molar-refractivity contribution < 1.29 is 9.53 Å². The van der Waals surface area contributed by atoms with E-state index in [-0.39, 0.29) is 23.4 Å². The number of fused-ring (bicyclic) bond motifs is 1. The lowest BCUT2D eigenvalue weighted by molar-refractivity contribution is -0.118. The summed E-state index contributed by atoms with van der Waals surface area (Å²) in [6.45, 7) is 5.83. The molecule has 0 aliphatic carbocycles. The molecule has 3 aromatic rings. The molecule has 0 bridgehead atoms.